The van der Waals surface area contributed by atoms with Crippen LogP contribution in [0.15, 0.2) is 35.7 Å². The Kier molecular flexibility index (Phi) is 3.70. The number of hydrogen-bond acceptors (Lipinski definition) is 3. The zero-order valence-corrected chi connectivity index (χ0v) is 7.86. The predicted octanol–water partition coefficient (Wildman–Crippen LogP) is 2.02. The van der Waals surface area contributed by atoms with Gasteiger partial charge in [-0.2, -0.15) is 0 Å². The number of nitrogens with one attached hydrogen (secondary N) is 1. The summed E-state index contributed by atoms with van der Waals surface area (Å²) in [7, 11) is 1.74. The third kappa shape index (κ3) is 3.07. The number of pyridine rings is 1. The summed E-state index contributed by atoms with van der Waals surface area (Å²) in [6.45, 7) is 2.01. The summed E-state index contributed by atoms with van der Waals surface area (Å²) in [6.07, 6.45) is 9.00. The smallest absolute Gasteiger partial charge is 0.0440 e. The zero-order valence-electron chi connectivity index (χ0n) is 7.86. The van der Waals surface area contributed by atoms with Gasteiger partial charge in [0.05, 0.1) is 0 Å². The molecule has 0 spiro atoms. The minimum atomic E-state index is 1.07. The van der Waals surface area contributed by atoms with E-state index in [1.807, 2.05) is 31.5 Å². The first kappa shape index (κ1) is 9.45. The second kappa shape index (κ2) is 5.09. The predicted molar refractivity (Wildman–Crippen MR) is 56.2 cm³/mol. The second-order valence-corrected chi connectivity index (χ2v) is 2.60. The highest BCUT2D eigenvalue weighted by molar-refractivity contribution is 5.71. The second-order valence-electron chi connectivity index (χ2n) is 2.60. The van der Waals surface area contributed by atoms with Crippen molar-refractivity contribution in [3.05, 3.63) is 36.3 Å². The molecule has 0 aliphatic heterocycles. The van der Waals surface area contributed by atoms with Crippen molar-refractivity contribution in [3.8, 4) is 0 Å². The minimum absolute atomic E-state index is 1.07. The lowest BCUT2D eigenvalue weighted by molar-refractivity contribution is 1.26. The molecule has 0 saturated carbocycles. The topological polar surface area (TPSA) is 37.3 Å². The van der Waals surface area contributed by atoms with E-state index in [-0.39, 0.29) is 0 Å². The normalized spacial score (nSPS) is 11.2. The average Bonchev–Trinajstić information content (AvgIpc) is 2.15. The van der Waals surface area contributed by atoms with E-state index in [9.17, 15) is 0 Å². The first-order valence-corrected chi connectivity index (χ1v) is 4.09. The molecule has 0 aliphatic carbocycles. The standard InChI is InChI=1S/C10H13N3/c1-9-8-12-7-4-10(9)13-6-3-5-11-2/h3-8H,1-2H3,(H,12,13)/b6-3-,11-5?. The van der Waals surface area contributed by atoms with Crippen LogP contribution in [0.3, 0.4) is 0 Å². The largest absolute Gasteiger partial charge is 0.361 e. The fraction of sp³-hybridized carbons (Fsp3) is 0.200. The number of nitrogens with zero attached hydrogens (tertiary/aromatic N) is 2. The zero-order chi connectivity index (χ0) is 9.52. The first-order chi connectivity index (χ1) is 6.34. The molecular formula is C10H13N3. The van der Waals surface area contributed by atoms with Crippen LogP contribution in [0.4, 0.5) is 5.69 Å². The summed E-state index contributed by atoms with van der Waals surface area (Å²) in [6, 6.07) is 1.93. The Morgan fingerprint density at radius 2 is 2.38 bits per heavy atom. The highest BCUT2D eigenvalue weighted by atomic mass is 14.8. The van der Waals surface area contributed by atoms with Crippen LogP contribution in [-0.2, 0) is 0 Å². The van der Waals surface area contributed by atoms with Crippen molar-refractivity contribution >= 4 is 11.9 Å². The first-order valence-electron chi connectivity index (χ1n) is 4.09. The molecule has 0 aliphatic rings. The van der Waals surface area contributed by atoms with Crippen LogP contribution >= 0.6 is 0 Å². The summed E-state index contributed by atoms with van der Waals surface area (Å²) in [5, 5.41) is 3.14. The number of aliphatic imine (C=N–C) groups is 1. The Bertz CT molecular complexity index is 316. The SMILES string of the molecule is CN=C/C=C\Nc1ccncc1C. The van der Waals surface area contributed by atoms with Crippen LogP contribution in [0, 0.1) is 6.92 Å². The Balaban J connectivity index is 2.59. The van der Waals surface area contributed by atoms with E-state index in [0.717, 1.165) is 11.3 Å². The van der Waals surface area contributed by atoms with Crippen LogP contribution in [-0.4, -0.2) is 18.2 Å². The maximum atomic E-state index is 4.00. The third-order valence-corrected chi connectivity index (χ3v) is 1.59. The number of aryl methyl sites for hydroxylation is 1. The Morgan fingerprint density at radius 1 is 1.54 bits per heavy atom. The Hall–Kier alpha value is -1.64. The van der Waals surface area contributed by atoms with Crippen LogP contribution in [0.25, 0.3) is 0 Å². The number of aromatic nitrogens is 1. The summed E-state index contributed by atoms with van der Waals surface area (Å²) in [5.41, 5.74) is 2.19. The maximum absolute atomic E-state index is 4.00. The molecule has 0 fully saturated rings. The molecule has 0 atom stereocenters. The van der Waals surface area contributed by atoms with Gasteiger partial charge in [-0.1, -0.05) is 0 Å². The minimum Gasteiger partial charge on any atom is -0.361 e. The van der Waals surface area contributed by atoms with Crippen molar-refractivity contribution in [1.82, 2.24) is 4.98 Å². The van der Waals surface area contributed by atoms with Crippen molar-refractivity contribution in [2.24, 2.45) is 4.99 Å². The van der Waals surface area contributed by atoms with Gasteiger partial charge >= 0.3 is 0 Å². The van der Waals surface area contributed by atoms with E-state index in [4.69, 9.17) is 0 Å². The molecule has 0 unspecified atom stereocenters. The molecule has 1 rings (SSSR count). The van der Waals surface area contributed by atoms with Gasteiger partial charge in [0.25, 0.3) is 0 Å². The summed E-state index contributed by atoms with van der Waals surface area (Å²) >= 11 is 0. The van der Waals surface area contributed by atoms with Crippen molar-refractivity contribution in [3.63, 3.8) is 0 Å². The summed E-state index contributed by atoms with van der Waals surface area (Å²) in [4.78, 5) is 7.82. The van der Waals surface area contributed by atoms with Crippen LogP contribution < -0.4 is 5.32 Å². The molecule has 68 valence electrons. The van der Waals surface area contributed by atoms with Crippen LogP contribution in [0.2, 0.25) is 0 Å². The van der Waals surface area contributed by atoms with Gasteiger partial charge in [-0.25, -0.2) is 0 Å². The quantitative estimate of drug-likeness (QED) is 0.713. The molecule has 13 heavy (non-hydrogen) atoms. The molecule has 0 saturated heterocycles. The van der Waals surface area contributed by atoms with Crippen molar-refractivity contribution in [2.75, 3.05) is 12.4 Å². The average molecular weight is 175 g/mol. The fourth-order valence-electron chi connectivity index (χ4n) is 0.902. The monoisotopic (exact) mass is 175 g/mol. The highest BCUT2D eigenvalue weighted by Crippen LogP contribution is 2.10. The Labute approximate surface area is 78.2 Å². The van der Waals surface area contributed by atoms with Crippen molar-refractivity contribution in [2.45, 2.75) is 6.92 Å². The molecule has 0 bridgehead atoms. The molecule has 1 aromatic heterocycles. The molecule has 0 amide bonds. The summed E-state index contributed by atoms with van der Waals surface area (Å²) < 4.78 is 0. The number of anilines is 1. The van der Waals surface area contributed by atoms with Gasteiger partial charge in [-0.15, -0.1) is 0 Å². The highest BCUT2D eigenvalue weighted by Gasteiger charge is 1.91. The molecule has 0 aromatic carbocycles. The lowest BCUT2D eigenvalue weighted by Crippen LogP contribution is -1.91. The maximum Gasteiger partial charge on any atom is 0.0440 e. The van der Waals surface area contributed by atoms with Crippen LogP contribution in [0.5, 0.6) is 0 Å². The fourth-order valence-corrected chi connectivity index (χ4v) is 0.902. The van der Waals surface area contributed by atoms with Crippen LogP contribution in [0.1, 0.15) is 5.56 Å². The number of rotatable bonds is 3. The van der Waals surface area contributed by atoms with E-state index < -0.39 is 0 Å². The molecule has 3 nitrogen and oxygen atoms in total. The van der Waals surface area contributed by atoms with Crippen molar-refractivity contribution < 1.29 is 0 Å². The number of hydrogen-bond donors (Lipinski definition) is 1. The van der Waals surface area contributed by atoms with E-state index in [1.165, 1.54) is 0 Å². The molecule has 1 N–H and O–H groups in total. The molecular weight excluding hydrogens is 162 g/mol. The van der Waals surface area contributed by atoms with E-state index >= 15 is 0 Å². The van der Waals surface area contributed by atoms with Gasteiger partial charge < -0.3 is 5.32 Å². The van der Waals surface area contributed by atoms with Gasteiger partial charge in [0.2, 0.25) is 0 Å². The number of allylic oxidation sites excluding steroid dienone is 1. The van der Waals surface area contributed by atoms with E-state index in [0.29, 0.717) is 0 Å². The Morgan fingerprint density at radius 3 is 3.08 bits per heavy atom. The van der Waals surface area contributed by atoms with E-state index in [1.54, 1.807) is 19.5 Å². The van der Waals surface area contributed by atoms with E-state index in [2.05, 4.69) is 15.3 Å². The molecule has 0 radical (unpaired) electrons. The molecule has 1 heterocycles. The molecule has 3 heteroatoms. The van der Waals surface area contributed by atoms with Gasteiger partial charge in [0.15, 0.2) is 0 Å². The van der Waals surface area contributed by atoms with Gasteiger partial charge in [0.1, 0.15) is 0 Å². The van der Waals surface area contributed by atoms with Gasteiger partial charge in [-0.3, -0.25) is 9.98 Å². The van der Waals surface area contributed by atoms with Crippen molar-refractivity contribution in [1.29, 1.82) is 0 Å². The van der Waals surface area contributed by atoms with Gasteiger partial charge in [0, 0.05) is 37.5 Å². The lowest BCUT2D eigenvalue weighted by Gasteiger charge is -2.02. The molecule has 1 aromatic rings. The van der Waals surface area contributed by atoms with Gasteiger partial charge in [-0.05, 0) is 24.6 Å². The lowest BCUT2D eigenvalue weighted by atomic mass is 10.2. The third-order valence-electron chi connectivity index (χ3n) is 1.59. The summed E-state index contributed by atoms with van der Waals surface area (Å²) in [5.74, 6) is 0.